The number of ketones is 1. The van der Waals surface area contributed by atoms with Gasteiger partial charge in [0, 0.05) is 18.3 Å². The zero-order chi connectivity index (χ0) is 14.8. The van der Waals surface area contributed by atoms with Crippen molar-refractivity contribution in [3.05, 3.63) is 11.8 Å². The molecule has 4 aliphatic rings. The summed E-state index contributed by atoms with van der Waals surface area (Å²) in [5.74, 6) is 3.98. The molecule has 0 radical (unpaired) electrons. The van der Waals surface area contributed by atoms with Crippen molar-refractivity contribution in [2.24, 2.45) is 34.5 Å². The van der Waals surface area contributed by atoms with E-state index < -0.39 is 0 Å². The number of carbonyl (C=O) groups excluding carboxylic acids is 1. The van der Waals surface area contributed by atoms with Crippen LogP contribution in [0.3, 0.4) is 0 Å². The quantitative estimate of drug-likeness (QED) is 0.704. The van der Waals surface area contributed by atoms with Crippen LogP contribution in [0.15, 0.2) is 11.8 Å². The Morgan fingerprint density at radius 1 is 1.14 bits per heavy atom. The van der Waals surface area contributed by atoms with Crippen LogP contribution >= 0.6 is 0 Å². The molecule has 0 aromatic carbocycles. The van der Waals surface area contributed by atoms with E-state index in [4.69, 9.17) is 0 Å². The number of carbonyl (C=O) groups is 1. The van der Waals surface area contributed by atoms with Crippen molar-refractivity contribution in [1.82, 2.24) is 0 Å². The van der Waals surface area contributed by atoms with Gasteiger partial charge in [-0.05, 0) is 73.7 Å². The van der Waals surface area contributed by atoms with Crippen molar-refractivity contribution in [2.75, 3.05) is 0 Å². The third-order valence-corrected chi connectivity index (χ3v) is 8.01. The SMILES string of the molecule is C[C@]12CC=C(O)CC1CC[C@@H]1[C@@H]2CC[C@]2(C)C(=O)CC[C@@H]12. The van der Waals surface area contributed by atoms with Crippen molar-refractivity contribution < 1.29 is 9.90 Å². The molecule has 0 aliphatic heterocycles. The molecule has 0 spiro atoms. The highest BCUT2D eigenvalue weighted by molar-refractivity contribution is 5.87. The highest BCUT2D eigenvalue weighted by Crippen LogP contribution is 2.65. The summed E-state index contributed by atoms with van der Waals surface area (Å²) in [4.78, 5) is 12.4. The van der Waals surface area contributed by atoms with Gasteiger partial charge in [-0.15, -0.1) is 0 Å². The van der Waals surface area contributed by atoms with Crippen LogP contribution in [-0.2, 0) is 4.79 Å². The summed E-state index contributed by atoms with van der Waals surface area (Å²) >= 11 is 0. The molecule has 0 aromatic rings. The first kappa shape index (κ1) is 13.8. The fraction of sp³-hybridized carbons (Fsp3) is 0.842. The Morgan fingerprint density at radius 3 is 2.76 bits per heavy atom. The molecule has 4 rings (SSSR count). The monoisotopic (exact) mass is 288 g/mol. The average molecular weight is 288 g/mol. The van der Waals surface area contributed by atoms with Crippen molar-refractivity contribution >= 4 is 5.78 Å². The average Bonchev–Trinajstić information content (AvgIpc) is 2.76. The topological polar surface area (TPSA) is 37.3 Å². The molecule has 0 amide bonds. The first-order chi connectivity index (χ1) is 9.95. The number of allylic oxidation sites excluding steroid dienone is 2. The molecule has 2 nitrogen and oxygen atoms in total. The second-order valence-corrected chi connectivity index (χ2v) is 8.68. The fourth-order valence-electron chi connectivity index (χ4n) is 6.63. The van der Waals surface area contributed by atoms with Crippen LogP contribution in [0.5, 0.6) is 0 Å². The highest BCUT2D eigenvalue weighted by Gasteiger charge is 2.59. The molecule has 6 atom stereocenters. The van der Waals surface area contributed by atoms with Gasteiger partial charge in [-0.3, -0.25) is 4.79 Å². The molecule has 0 heterocycles. The van der Waals surface area contributed by atoms with E-state index in [2.05, 4.69) is 19.9 Å². The van der Waals surface area contributed by atoms with Crippen LogP contribution in [0.25, 0.3) is 0 Å². The van der Waals surface area contributed by atoms with Gasteiger partial charge in [0.15, 0.2) is 0 Å². The molecule has 0 aromatic heterocycles. The molecule has 2 heteroatoms. The number of hydrogen-bond acceptors (Lipinski definition) is 2. The number of Topliss-reactive ketones (excluding diaryl/α,β-unsaturated/α-hetero) is 1. The van der Waals surface area contributed by atoms with E-state index in [0.717, 1.165) is 43.9 Å². The van der Waals surface area contributed by atoms with Crippen LogP contribution in [0.1, 0.15) is 65.2 Å². The number of aliphatic hydroxyl groups is 1. The smallest absolute Gasteiger partial charge is 0.139 e. The molecule has 3 saturated carbocycles. The second-order valence-electron chi connectivity index (χ2n) is 8.68. The second kappa shape index (κ2) is 4.36. The number of rotatable bonds is 0. The number of aliphatic hydroxyl groups excluding tert-OH is 1. The third-order valence-electron chi connectivity index (χ3n) is 8.01. The van der Waals surface area contributed by atoms with Crippen LogP contribution in [0, 0.1) is 34.5 Å². The van der Waals surface area contributed by atoms with E-state index in [-0.39, 0.29) is 5.41 Å². The Labute approximate surface area is 128 Å². The van der Waals surface area contributed by atoms with Gasteiger partial charge in [0.05, 0.1) is 5.76 Å². The van der Waals surface area contributed by atoms with Gasteiger partial charge in [-0.25, -0.2) is 0 Å². The summed E-state index contributed by atoms with van der Waals surface area (Å²) in [6.45, 7) is 4.72. The van der Waals surface area contributed by atoms with Crippen LogP contribution < -0.4 is 0 Å². The summed E-state index contributed by atoms with van der Waals surface area (Å²) in [6.07, 6.45) is 10.8. The van der Waals surface area contributed by atoms with Gasteiger partial charge in [-0.2, -0.15) is 0 Å². The Kier molecular flexibility index (Phi) is 2.88. The van der Waals surface area contributed by atoms with E-state index in [1.54, 1.807) is 0 Å². The summed E-state index contributed by atoms with van der Waals surface area (Å²) in [6, 6.07) is 0. The molecule has 3 fully saturated rings. The van der Waals surface area contributed by atoms with E-state index >= 15 is 0 Å². The summed E-state index contributed by atoms with van der Waals surface area (Å²) in [7, 11) is 0. The third kappa shape index (κ3) is 1.74. The lowest BCUT2D eigenvalue weighted by atomic mass is 9.46. The molecule has 1 unspecified atom stereocenters. The summed E-state index contributed by atoms with van der Waals surface area (Å²) in [5, 5.41) is 9.90. The number of hydrogen-bond donors (Lipinski definition) is 1. The zero-order valence-corrected chi connectivity index (χ0v) is 13.4. The Morgan fingerprint density at radius 2 is 1.95 bits per heavy atom. The molecule has 4 aliphatic carbocycles. The first-order valence-corrected chi connectivity index (χ1v) is 8.86. The van der Waals surface area contributed by atoms with E-state index in [1.807, 2.05) is 0 Å². The van der Waals surface area contributed by atoms with Gasteiger partial charge in [0.2, 0.25) is 0 Å². The molecular formula is C19H28O2. The standard InChI is InChI=1S/C19H28O2/c1-18-9-7-13(20)11-12(18)3-4-14-15-5-6-17(21)19(15,2)10-8-16(14)18/h7,12,14-16,20H,3-6,8-11H2,1-2H3/t12?,14-,15-,16-,18-,19-/m0/s1. The lowest BCUT2D eigenvalue weighted by molar-refractivity contribution is -0.136. The van der Waals surface area contributed by atoms with Crippen molar-refractivity contribution in [2.45, 2.75) is 65.2 Å². The van der Waals surface area contributed by atoms with E-state index in [1.165, 1.54) is 19.3 Å². The maximum absolute atomic E-state index is 12.4. The fourth-order valence-corrected chi connectivity index (χ4v) is 6.63. The van der Waals surface area contributed by atoms with Crippen LogP contribution in [0.2, 0.25) is 0 Å². The minimum atomic E-state index is -0.00297. The predicted octanol–water partition coefficient (Wildman–Crippen LogP) is 4.65. The van der Waals surface area contributed by atoms with Crippen molar-refractivity contribution in [3.63, 3.8) is 0 Å². The molecule has 0 bridgehead atoms. The van der Waals surface area contributed by atoms with E-state index in [0.29, 0.717) is 28.8 Å². The first-order valence-electron chi connectivity index (χ1n) is 8.86. The van der Waals surface area contributed by atoms with Gasteiger partial charge in [0.1, 0.15) is 5.78 Å². The van der Waals surface area contributed by atoms with Gasteiger partial charge < -0.3 is 5.11 Å². The molecular weight excluding hydrogens is 260 g/mol. The van der Waals surface area contributed by atoms with E-state index in [9.17, 15) is 9.90 Å². The van der Waals surface area contributed by atoms with Gasteiger partial charge in [0.25, 0.3) is 0 Å². The maximum Gasteiger partial charge on any atom is 0.139 e. The molecule has 0 saturated heterocycles. The Hall–Kier alpha value is -0.790. The van der Waals surface area contributed by atoms with Crippen LogP contribution in [-0.4, -0.2) is 10.9 Å². The Balaban J connectivity index is 1.67. The van der Waals surface area contributed by atoms with Crippen molar-refractivity contribution in [3.8, 4) is 0 Å². The zero-order valence-electron chi connectivity index (χ0n) is 13.4. The minimum Gasteiger partial charge on any atom is -0.513 e. The minimum absolute atomic E-state index is 0.00297. The largest absolute Gasteiger partial charge is 0.513 e. The normalized spacial score (nSPS) is 52.7. The molecule has 1 N–H and O–H groups in total. The highest BCUT2D eigenvalue weighted by atomic mass is 16.3. The maximum atomic E-state index is 12.4. The predicted molar refractivity (Wildman–Crippen MR) is 82.8 cm³/mol. The lowest BCUT2D eigenvalue weighted by Crippen LogP contribution is -2.52. The van der Waals surface area contributed by atoms with Gasteiger partial charge >= 0.3 is 0 Å². The lowest BCUT2D eigenvalue weighted by Gasteiger charge is -2.58. The van der Waals surface area contributed by atoms with Crippen molar-refractivity contribution in [1.29, 1.82) is 0 Å². The Bertz CT molecular complexity index is 508. The van der Waals surface area contributed by atoms with Crippen LogP contribution in [0.4, 0.5) is 0 Å². The summed E-state index contributed by atoms with van der Waals surface area (Å²) in [5.41, 5.74) is 0.360. The molecule has 21 heavy (non-hydrogen) atoms. The number of fused-ring (bicyclic) bond motifs is 5. The summed E-state index contributed by atoms with van der Waals surface area (Å²) < 4.78 is 0. The van der Waals surface area contributed by atoms with Gasteiger partial charge in [-0.1, -0.05) is 13.8 Å². The molecule has 116 valence electrons.